The summed E-state index contributed by atoms with van der Waals surface area (Å²) in [6.07, 6.45) is 7.48. The highest BCUT2D eigenvalue weighted by Gasteiger charge is 2.66. The van der Waals surface area contributed by atoms with Gasteiger partial charge in [0.05, 0.1) is 6.10 Å². The average molecular weight is 414 g/mol. The first-order valence-corrected chi connectivity index (χ1v) is 11.4. The normalized spacial score (nSPS) is 34.0. The first-order valence-electron chi connectivity index (χ1n) is 11.4. The first-order chi connectivity index (χ1) is 14.3. The van der Waals surface area contributed by atoms with Crippen LogP contribution in [0.1, 0.15) is 68.6 Å². The minimum Gasteiger partial charge on any atom is -0.369 e. The predicted molar refractivity (Wildman–Crippen MR) is 114 cm³/mol. The highest BCUT2D eigenvalue weighted by atomic mass is 19.1. The lowest BCUT2D eigenvalue weighted by Gasteiger charge is -2.45. The third-order valence-electron chi connectivity index (χ3n) is 7.91. The Morgan fingerprint density at radius 1 is 1.30 bits per heavy atom. The number of carbonyl (C=O) groups is 1. The number of nitrogens with two attached hydrogens (primary N) is 1. The average Bonchev–Trinajstić information content (AvgIpc) is 3.47. The van der Waals surface area contributed by atoms with Gasteiger partial charge in [0.2, 0.25) is 0 Å². The number of aliphatic imine (C=N–C) groups is 1. The van der Waals surface area contributed by atoms with Crippen LogP contribution in [0.4, 0.5) is 4.39 Å². The fourth-order valence-electron chi connectivity index (χ4n) is 6.07. The van der Waals surface area contributed by atoms with Crippen molar-refractivity contribution in [3.63, 3.8) is 0 Å². The van der Waals surface area contributed by atoms with Crippen molar-refractivity contribution in [1.82, 2.24) is 4.90 Å². The van der Waals surface area contributed by atoms with E-state index in [0.717, 1.165) is 50.0 Å². The minimum atomic E-state index is -1.26. The zero-order chi connectivity index (χ0) is 21.1. The maximum Gasteiger partial charge on any atom is 0.262 e. The van der Waals surface area contributed by atoms with E-state index in [0.29, 0.717) is 5.96 Å². The largest absolute Gasteiger partial charge is 0.369 e. The Balaban J connectivity index is 1.51. The Bertz CT molecular complexity index is 886. The van der Waals surface area contributed by atoms with Crippen molar-refractivity contribution in [3.8, 4) is 0 Å². The minimum absolute atomic E-state index is 0.0173. The van der Waals surface area contributed by atoms with E-state index in [1.807, 2.05) is 0 Å². The number of carbonyl (C=O) groups excluding carboxylic acids is 1. The van der Waals surface area contributed by atoms with E-state index < -0.39 is 11.9 Å². The summed E-state index contributed by atoms with van der Waals surface area (Å²) in [5.41, 5.74) is 8.49. The van der Waals surface area contributed by atoms with Crippen molar-refractivity contribution in [2.24, 2.45) is 22.1 Å². The second kappa shape index (κ2) is 7.04. The molecule has 1 amide bonds. The van der Waals surface area contributed by atoms with Crippen molar-refractivity contribution in [1.29, 1.82) is 0 Å². The third-order valence-corrected chi connectivity index (χ3v) is 7.91. The number of alkyl halides is 1. The molecule has 162 valence electrons. The SMILES string of the molecule is CC(F)OC1CCC2(CC1)Cc1ccc(CCC3CC3)cc1C21N=C(N)N(C)C1=O. The number of nitrogens with zero attached hydrogens (tertiary/aromatic N) is 2. The molecule has 2 fully saturated rings. The van der Waals surface area contributed by atoms with Gasteiger partial charge in [-0.15, -0.1) is 0 Å². The molecule has 5 nitrogen and oxygen atoms in total. The summed E-state index contributed by atoms with van der Waals surface area (Å²) in [5.74, 6) is 1.15. The molecule has 2 saturated carbocycles. The number of guanidine groups is 1. The fourth-order valence-corrected chi connectivity index (χ4v) is 6.07. The molecule has 1 aliphatic heterocycles. The number of hydrogen-bond donors (Lipinski definition) is 1. The van der Waals surface area contributed by atoms with Crippen LogP contribution in [0.3, 0.4) is 0 Å². The van der Waals surface area contributed by atoms with Gasteiger partial charge in [0, 0.05) is 12.5 Å². The van der Waals surface area contributed by atoms with Crippen LogP contribution in [0, 0.1) is 11.3 Å². The van der Waals surface area contributed by atoms with Crippen molar-refractivity contribution in [2.75, 3.05) is 7.05 Å². The van der Waals surface area contributed by atoms with Crippen LogP contribution in [-0.2, 0) is 27.9 Å². The number of halogens is 1. The van der Waals surface area contributed by atoms with Crippen LogP contribution in [0.15, 0.2) is 23.2 Å². The molecular formula is C24H32FN3O2. The molecule has 2 atom stereocenters. The predicted octanol–water partition coefficient (Wildman–Crippen LogP) is 3.83. The summed E-state index contributed by atoms with van der Waals surface area (Å²) < 4.78 is 18.8. The van der Waals surface area contributed by atoms with Crippen LogP contribution in [-0.4, -0.2) is 36.3 Å². The second-order valence-electron chi connectivity index (χ2n) is 9.85. The fraction of sp³-hybridized carbons (Fsp3) is 0.667. The summed E-state index contributed by atoms with van der Waals surface area (Å²) in [6, 6.07) is 6.66. The zero-order valence-electron chi connectivity index (χ0n) is 18.0. The van der Waals surface area contributed by atoms with E-state index >= 15 is 0 Å². The van der Waals surface area contributed by atoms with Crippen molar-refractivity contribution < 1.29 is 13.9 Å². The highest BCUT2D eigenvalue weighted by Crippen LogP contribution is 2.62. The molecule has 5 rings (SSSR count). The molecule has 2 spiro atoms. The molecular weight excluding hydrogens is 381 g/mol. The van der Waals surface area contributed by atoms with Crippen LogP contribution >= 0.6 is 0 Å². The number of aryl methyl sites for hydroxylation is 1. The van der Waals surface area contributed by atoms with Gasteiger partial charge in [-0.05, 0) is 74.5 Å². The number of fused-ring (bicyclic) bond motifs is 3. The summed E-state index contributed by atoms with van der Waals surface area (Å²) in [6.45, 7) is 1.43. The molecule has 0 saturated heterocycles. The quantitative estimate of drug-likeness (QED) is 0.798. The Morgan fingerprint density at radius 2 is 2.03 bits per heavy atom. The molecule has 2 unspecified atom stereocenters. The van der Waals surface area contributed by atoms with Crippen LogP contribution < -0.4 is 5.73 Å². The Hall–Kier alpha value is -1.95. The number of rotatable bonds is 5. The van der Waals surface area contributed by atoms with E-state index in [1.54, 1.807) is 7.05 Å². The molecule has 0 bridgehead atoms. The van der Waals surface area contributed by atoms with Gasteiger partial charge in [0.25, 0.3) is 5.91 Å². The Morgan fingerprint density at radius 3 is 2.63 bits per heavy atom. The summed E-state index contributed by atoms with van der Waals surface area (Å²) in [5, 5.41) is 0. The molecule has 1 aromatic carbocycles. The topological polar surface area (TPSA) is 67.9 Å². The second-order valence-corrected chi connectivity index (χ2v) is 9.85. The lowest BCUT2D eigenvalue weighted by atomic mass is 9.61. The molecule has 2 N–H and O–H groups in total. The number of amides is 1. The van der Waals surface area contributed by atoms with Crippen molar-refractivity contribution >= 4 is 11.9 Å². The van der Waals surface area contributed by atoms with Crippen LogP contribution in [0.5, 0.6) is 0 Å². The number of hydrogen-bond acceptors (Lipinski definition) is 4. The Kier molecular flexibility index (Phi) is 4.69. The third kappa shape index (κ3) is 2.98. The standard InChI is InChI=1S/C24H32FN3O2/c1-15(25)30-19-9-11-23(12-10-19)14-18-8-7-17(6-5-16-3-4-16)13-20(18)24(23)21(29)28(2)22(26)27-24/h7-8,13,15-16,19H,3-6,9-12,14H2,1-2H3,(H2,26,27). The lowest BCUT2D eigenvalue weighted by Crippen LogP contribution is -2.51. The number of ether oxygens (including phenoxy) is 1. The molecule has 0 radical (unpaired) electrons. The van der Waals surface area contributed by atoms with Gasteiger partial charge in [-0.25, -0.2) is 9.38 Å². The molecule has 6 heteroatoms. The van der Waals surface area contributed by atoms with Gasteiger partial charge in [-0.1, -0.05) is 31.0 Å². The van der Waals surface area contributed by atoms with Crippen molar-refractivity contribution in [3.05, 3.63) is 34.9 Å². The molecule has 3 aliphatic carbocycles. The van der Waals surface area contributed by atoms with Gasteiger partial charge in [0.1, 0.15) is 0 Å². The lowest BCUT2D eigenvalue weighted by molar-refractivity contribution is -0.140. The van der Waals surface area contributed by atoms with E-state index in [1.165, 1.54) is 42.2 Å². The van der Waals surface area contributed by atoms with Gasteiger partial charge in [-0.3, -0.25) is 9.69 Å². The Labute approximate surface area is 177 Å². The molecule has 1 aromatic rings. The van der Waals surface area contributed by atoms with E-state index in [-0.39, 0.29) is 17.4 Å². The summed E-state index contributed by atoms with van der Waals surface area (Å²) in [7, 11) is 1.72. The van der Waals surface area contributed by atoms with E-state index in [4.69, 9.17) is 15.5 Å². The van der Waals surface area contributed by atoms with Gasteiger partial charge in [-0.2, -0.15) is 0 Å². The monoisotopic (exact) mass is 413 g/mol. The van der Waals surface area contributed by atoms with Crippen LogP contribution in [0.2, 0.25) is 0 Å². The number of likely N-dealkylation sites (N-methyl/N-ethyl adjacent to an activating group) is 1. The van der Waals surface area contributed by atoms with E-state index in [2.05, 4.69) is 18.2 Å². The molecule has 30 heavy (non-hydrogen) atoms. The number of benzene rings is 1. The van der Waals surface area contributed by atoms with Crippen molar-refractivity contribution in [2.45, 2.75) is 82.7 Å². The van der Waals surface area contributed by atoms with Gasteiger partial charge < -0.3 is 10.5 Å². The van der Waals surface area contributed by atoms with Crippen LogP contribution in [0.25, 0.3) is 0 Å². The molecule has 1 heterocycles. The highest BCUT2D eigenvalue weighted by molar-refractivity contribution is 6.08. The molecule has 0 aromatic heterocycles. The first kappa shape index (κ1) is 20.0. The maximum absolute atomic E-state index is 13.7. The summed E-state index contributed by atoms with van der Waals surface area (Å²) in [4.78, 5) is 20.1. The van der Waals surface area contributed by atoms with Gasteiger partial charge >= 0.3 is 0 Å². The maximum atomic E-state index is 13.7. The smallest absolute Gasteiger partial charge is 0.262 e. The van der Waals surface area contributed by atoms with Gasteiger partial charge in [0.15, 0.2) is 17.9 Å². The zero-order valence-corrected chi connectivity index (χ0v) is 18.0. The van der Waals surface area contributed by atoms with E-state index in [9.17, 15) is 9.18 Å². The summed E-state index contributed by atoms with van der Waals surface area (Å²) >= 11 is 0. The molecule has 4 aliphatic rings.